The highest BCUT2D eigenvalue weighted by Gasteiger charge is 2.19. The molecule has 0 aliphatic carbocycles. The van der Waals surface area contributed by atoms with Crippen molar-refractivity contribution in [3.8, 4) is 0 Å². The van der Waals surface area contributed by atoms with Crippen molar-refractivity contribution in [2.75, 3.05) is 13.2 Å². The Morgan fingerprint density at radius 1 is 0.260 bits per heavy atom. The smallest absolute Gasteiger partial charge is 0.306 e. The summed E-state index contributed by atoms with van der Waals surface area (Å²) in [6, 6.07) is 0. The van der Waals surface area contributed by atoms with Crippen molar-refractivity contribution in [3.05, 3.63) is 12.2 Å². The van der Waals surface area contributed by atoms with Crippen LogP contribution in [-0.4, -0.2) is 37.2 Å². The molecule has 0 saturated heterocycles. The van der Waals surface area contributed by atoms with Gasteiger partial charge in [-0.05, 0) is 44.9 Å². The fourth-order valence-electron chi connectivity index (χ4n) is 10.3. The molecule has 432 valence electrons. The molecule has 0 fully saturated rings. The molecule has 0 aromatic rings. The van der Waals surface area contributed by atoms with E-state index in [-0.39, 0.29) is 31.1 Å². The number of allylic oxidation sites excluding steroid dienone is 2. The van der Waals surface area contributed by atoms with Crippen molar-refractivity contribution in [3.63, 3.8) is 0 Å². The zero-order valence-corrected chi connectivity index (χ0v) is 49.7. The van der Waals surface area contributed by atoms with Crippen LogP contribution in [0.25, 0.3) is 0 Å². The second kappa shape index (κ2) is 62.7. The number of esters is 3. The van der Waals surface area contributed by atoms with Gasteiger partial charge >= 0.3 is 17.9 Å². The largest absolute Gasteiger partial charge is 0.462 e. The van der Waals surface area contributed by atoms with E-state index in [1.807, 2.05) is 0 Å². The Balaban J connectivity index is 4.05. The fraction of sp³-hybridized carbons (Fsp3) is 0.925. The number of unbranched alkanes of at least 4 members (excludes halogenated alkanes) is 49. The SMILES string of the molecule is CCCCC/C=C\CCCCCCCC(=O)OCC(COC(=O)CCCCCCCCCCCCCCCCCCCCCCCCCCCCCCCC)OC(=O)CCCCCCCCCCCCCCC. The van der Waals surface area contributed by atoms with Crippen LogP contribution in [0.4, 0.5) is 0 Å². The molecule has 0 aliphatic heterocycles. The van der Waals surface area contributed by atoms with E-state index in [0.29, 0.717) is 19.3 Å². The first kappa shape index (κ1) is 71.2. The summed E-state index contributed by atoms with van der Waals surface area (Å²) in [6.45, 7) is 6.68. The van der Waals surface area contributed by atoms with Gasteiger partial charge in [-0.25, -0.2) is 0 Å². The molecular weight excluding hydrogens is 901 g/mol. The van der Waals surface area contributed by atoms with Crippen molar-refractivity contribution < 1.29 is 28.6 Å². The normalized spacial score (nSPS) is 12.0. The van der Waals surface area contributed by atoms with Crippen molar-refractivity contribution >= 4 is 17.9 Å². The molecular formula is C67H128O6. The quantitative estimate of drug-likeness (QED) is 0.0261. The van der Waals surface area contributed by atoms with E-state index in [9.17, 15) is 14.4 Å². The van der Waals surface area contributed by atoms with Gasteiger partial charge in [0, 0.05) is 19.3 Å². The standard InChI is InChI=1S/C67H128O6/c1-4-7-10-13-16-19-22-25-26-27-28-29-30-31-32-33-34-35-36-37-38-39-40-41-43-45-48-51-54-57-60-66(69)72-63-64(62-71-65(68)59-56-53-50-47-44-24-21-18-15-12-9-6-3)73-67(70)61-58-55-52-49-46-42-23-20-17-14-11-8-5-2/h18,21,64H,4-17,19-20,22-63H2,1-3H3/b21-18-. The highest BCUT2D eigenvalue weighted by Crippen LogP contribution is 2.19. The Hall–Kier alpha value is -1.85. The van der Waals surface area contributed by atoms with E-state index >= 15 is 0 Å². The first-order valence-corrected chi connectivity index (χ1v) is 33.2. The minimum Gasteiger partial charge on any atom is -0.462 e. The van der Waals surface area contributed by atoms with Crippen molar-refractivity contribution in [1.29, 1.82) is 0 Å². The highest BCUT2D eigenvalue weighted by atomic mass is 16.6. The molecule has 6 nitrogen and oxygen atoms in total. The highest BCUT2D eigenvalue weighted by molar-refractivity contribution is 5.71. The topological polar surface area (TPSA) is 78.9 Å². The predicted octanol–water partition coefficient (Wildman–Crippen LogP) is 22.4. The molecule has 0 aliphatic rings. The number of hydrogen-bond donors (Lipinski definition) is 0. The van der Waals surface area contributed by atoms with Crippen LogP contribution in [0.2, 0.25) is 0 Å². The van der Waals surface area contributed by atoms with Gasteiger partial charge in [-0.3, -0.25) is 14.4 Å². The lowest BCUT2D eigenvalue weighted by Crippen LogP contribution is -2.30. The molecule has 1 unspecified atom stereocenters. The van der Waals surface area contributed by atoms with E-state index in [1.165, 1.54) is 276 Å². The van der Waals surface area contributed by atoms with E-state index in [4.69, 9.17) is 14.2 Å². The maximum Gasteiger partial charge on any atom is 0.306 e. The molecule has 0 saturated carbocycles. The van der Waals surface area contributed by atoms with Gasteiger partial charge in [-0.15, -0.1) is 0 Å². The number of carbonyl (C=O) groups is 3. The third-order valence-corrected chi connectivity index (χ3v) is 15.3. The second-order valence-corrected chi connectivity index (χ2v) is 22.7. The first-order valence-electron chi connectivity index (χ1n) is 33.2. The van der Waals surface area contributed by atoms with Crippen LogP contribution in [0.1, 0.15) is 380 Å². The molecule has 1 atom stereocenters. The van der Waals surface area contributed by atoms with Crippen LogP contribution in [0.15, 0.2) is 12.2 Å². The van der Waals surface area contributed by atoms with E-state index in [1.54, 1.807) is 0 Å². The average Bonchev–Trinajstić information content (AvgIpc) is 3.39. The Labute approximate surface area is 456 Å². The molecule has 0 spiro atoms. The van der Waals surface area contributed by atoms with Crippen LogP contribution in [-0.2, 0) is 28.6 Å². The van der Waals surface area contributed by atoms with E-state index in [0.717, 1.165) is 64.2 Å². The van der Waals surface area contributed by atoms with Crippen molar-refractivity contribution in [2.45, 2.75) is 386 Å². The minimum atomic E-state index is -0.768. The van der Waals surface area contributed by atoms with Gasteiger partial charge in [0.15, 0.2) is 6.10 Å². The molecule has 0 radical (unpaired) electrons. The van der Waals surface area contributed by atoms with E-state index in [2.05, 4.69) is 32.9 Å². The Kier molecular flexibility index (Phi) is 61.1. The van der Waals surface area contributed by atoms with Crippen LogP contribution < -0.4 is 0 Å². The van der Waals surface area contributed by atoms with Crippen molar-refractivity contribution in [2.24, 2.45) is 0 Å². The van der Waals surface area contributed by atoms with Gasteiger partial charge in [-0.2, -0.15) is 0 Å². The third-order valence-electron chi connectivity index (χ3n) is 15.3. The monoisotopic (exact) mass is 1030 g/mol. The summed E-state index contributed by atoms with van der Waals surface area (Å²) < 4.78 is 16.9. The minimum absolute atomic E-state index is 0.0664. The lowest BCUT2D eigenvalue weighted by molar-refractivity contribution is -0.167. The summed E-state index contributed by atoms with van der Waals surface area (Å²) in [7, 11) is 0. The molecule has 0 heterocycles. The number of hydrogen-bond acceptors (Lipinski definition) is 6. The van der Waals surface area contributed by atoms with Gasteiger partial charge < -0.3 is 14.2 Å². The molecule has 6 heteroatoms. The summed E-state index contributed by atoms with van der Waals surface area (Å²) in [4.78, 5) is 38.2. The maximum atomic E-state index is 12.8. The molecule has 0 bridgehead atoms. The molecule has 0 N–H and O–H groups in total. The maximum absolute atomic E-state index is 12.8. The Bertz CT molecular complexity index is 1130. The average molecular weight is 1030 g/mol. The predicted molar refractivity (Wildman–Crippen MR) is 317 cm³/mol. The summed E-state index contributed by atoms with van der Waals surface area (Å²) in [5.74, 6) is -0.849. The molecule has 73 heavy (non-hydrogen) atoms. The third kappa shape index (κ3) is 60.9. The Morgan fingerprint density at radius 3 is 0.712 bits per heavy atom. The fourth-order valence-corrected chi connectivity index (χ4v) is 10.3. The van der Waals surface area contributed by atoms with Gasteiger partial charge in [0.25, 0.3) is 0 Å². The van der Waals surface area contributed by atoms with Gasteiger partial charge in [0.2, 0.25) is 0 Å². The number of carbonyl (C=O) groups excluding carboxylic acids is 3. The lowest BCUT2D eigenvalue weighted by atomic mass is 10.0. The second-order valence-electron chi connectivity index (χ2n) is 22.7. The zero-order valence-electron chi connectivity index (χ0n) is 49.7. The summed E-state index contributed by atoms with van der Waals surface area (Å²) in [6.07, 6.45) is 73.9. The van der Waals surface area contributed by atoms with Crippen LogP contribution in [0.5, 0.6) is 0 Å². The molecule has 0 aromatic carbocycles. The zero-order chi connectivity index (χ0) is 52.9. The number of ether oxygens (including phenoxy) is 3. The summed E-state index contributed by atoms with van der Waals surface area (Å²) in [5, 5.41) is 0. The van der Waals surface area contributed by atoms with Gasteiger partial charge in [0.1, 0.15) is 13.2 Å². The summed E-state index contributed by atoms with van der Waals surface area (Å²) >= 11 is 0. The number of rotatable bonds is 62. The van der Waals surface area contributed by atoms with Gasteiger partial charge in [0.05, 0.1) is 0 Å². The Morgan fingerprint density at radius 2 is 0.452 bits per heavy atom. The first-order chi connectivity index (χ1) is 36.0. The summed E-state index contributed by atoms with van der Waals surface area (Å²) in [5.41, 5.74) is 0. The van der Waals surface area contributed by atoms with E-state index < -0.39 is 6.10 Å². The van der Waals surface area contributed by atoms with Crippen molar-refractivity contribution in [1.82, 2.24) is 0 Å². The van der Waals surface area contributed by atoms with Crippen LogP contribution in [0, 0.1) is 0 Å². The molecule has 0 amide bonds. The van der Waals surface area contributed by atoms with Crippen LogP contribution >= 0.6 is 0 Å². The van der Waals surface area contributed by atoms with Gasteiger partial charge in [-0.1, -0.05) is 328 Å². The van der Waals surface area contributed by atoms with Crippen LogP contribution in [0.3, 0.4) is 0 Å². The molecule has 0 aromatic heterocycles. The molecule has 0 rings (SSSR count). The lowest BCUT2D eigenvalue weighted by Gasteiger charge is -2.18.